The summed E-state index contributed by atoms with van der Waals surface area (Å²) in [5, 5.41) is 0.123. The second-order valence-corrected chi connectivity index (χ2v) is 7.31. The van der Waals surface area contributed by atoms with Gasteiger partial charge in [-0.25, -0.2) is 14.0 Å². The van der Waals surface area contributed by atoms with Gasteiger partial charge >= 0.3 is 18.2 Å². The third-order valence-corrected chi connectivity index (χ3v) is 4.61. The zero-order chi connectivity index (χ0) is 23.7. The fraction of sp³-hybridized carbons (Fsp3) is 0.238. The molecule has 0 aliphatic carbocycles. The molecule has 0 bridgehead atoms. The summed E-state index contributed by atoms with van der Waals surface area (Å²) in [4.78, 5) is 45.0. The van der Waals surface area contributed by atoms with E-state index in [0.717, 1.165) is 0 Å². The molecule has 3 rings (SSSR count). The van der Waals surface area contributed by atoms with Crippen molar-refractivity contribution in [3.63, 3.8) is 0 Å². The average Bonchev–Trinajstić information content (AvgIpc) is 2.89. The first-order chi connectivity index (χ1) is 14.9. The van der Waals surface area contributed by atoms with Crippen LogP contribution in [0.15, 0.2) is 48.7 Å². The number of carbonyl (C=O) groups excluding carboxylic acids is 3. The number of pyridine rings is 1. The third kappa shape index (κ3) is 4.61. The largest absolute Gasteiger partial charge is 0.493 e. The summed E-state index contributed by atoms with van der Waals surface area (Å²) < 4.78 is 50.4. The van der Waals surface area contributed by atoms with Gasteiger partial charge < -0.3 is 4.84 Å². The highest BCUT2D eigenvalue weighted by atomic mass is 19.4. The molecule has 2 aromatic rings. The van der Waals surface area contributed by atoms with Crippen molar-refractivity contribution < 1.29 is 36.8 Å². The molecule has 32 heavy (non-hydrogen) atoms. The first kappa shape index (κ1) is 22.9. The summed E-state index contributed by atoms with van der Waals surface area (Å²) in [6, 6.07) is 8.00. The van der Waals surface area contributed by atoms with E-state index < -0.39 is 29.6 Å². The van der Waals surface area contributed by atoms with Gasteiger partial charge in [0.15, 0.2) is 5.54 Å². The highest BCUT2D eigenvalue weighted by Crippen LogP contribution is 2.30. The quantitative estimate of drug-likeness (QED) is 0.508. The number of hydroxylamine groups is 2. The molecule has 1 saturated heterocycles. The first-order valence-electron chi connectivity index (χ1n) is 9.25. The highest BCUT2D eigenvalue weighted by molar-refractivity contribution is 6.06. The monoisotopic (exact) mass is 451 g/mol. The standard InChI is InChI=1S/C21H17F4N3O4/c1-20(2)17(29)27(19(31)28(20)32-18(30)21(23,24)25)11-3-4-13-5-10-16(26-12-13)14-6-8-15(22)9-7-14/h3-10,12H,11H2,1-2H3/b4-3+. The van der Waals surface area contributed by atoms with Gasteiger partial charge in [-0.15, -0.1) is 5.06 Å². The second kappa shape index (κ2) is 8.40. The van der Waals surface area contributed by atoms with E-state index in [-0.39, 0.29) is 17.4 Å². The molecule has 11 heteroatoms. The molecule has 1 aromatic carbocycles. The zero-order valence-electron chi connectivity index (χ0n) is 16.9. The zero-order valence-corrected chi connectivity index (χ0v) is 16.9. The van der Waals surface area contributed by atoms with Gasteiger partial charge in [-0.1, -0.05) is 18.2 Å². The minimum atomic E-state index is -5.32. The van der Waals surface area contributed by atoms with Crippen LogP contribution in [0.25, 0.3) is 17.3 Å². The van der Waals surface area contributed by atoms with Crippen LogP contribution in [0.2, 0.25) is 0 Å². The number of halogens is 4. The predicted molar refractivity (Wildman–Crippen MR) is 104 cm³/mol. The Morgan fingerprint density at radius 2 is 1.78 bits per heavy atom. The van der Waals surface area contributed by atoms with Crippen LogP contribution in [-0.2, 0) is 14.4 Å². The lowest BCUT2D eigenvalue weighted by Gasteiger charge is -2.25. The molecule has 1 fully saturated rings. The van der Waals surface area contributed by atoms with E-state index in [1.165, 1.54) is 38.3 Å². The molecule has 3 amide bonds. The molecular formula is C21H17F4N3O4. The number of amides is 3. The number of benzene rings is 1. The van der Waals surface area contributed by atoms with Crippen LogP contribution in [0.5, 0.6) is 0 Å². The second-order valence-electron chi connectivity index (χ2n) is 7.31. The van der Waals surface area contributed by atoms with Gasteiger partial charge in [0, 0.05) is 18.3 Å². The van der Waals surface area contributed by atoms with Crippen LogP contribution in [0.4, 0.5) is 22.4 Å². The number of urea groups is 1. The molecule has 1 aliphatic heterocycles. The Kier molecular flexibility index (Phi) is 6.02. The van der Waals surface area contributed by atoms with Crippen molar-refractivity contribution >= 4 is 24.0 Å². The number of alkyl halides is 3. The molecule has 0 unspecified atom stereocenters. The molecule has 7 nitrogen and oxygen atoms in total. The number of rotatable bonds is 5. The summed E-state index contributed by atoms with van der Waals surface area (Å²) in [6.07, 6.45) is -0.807. The number of nitrogens with zero attached hydrogens (tertiary/aromatic N) is 3. The van der Waals surface area contributed by atoms with Crippen LogP contribution < -0.4 is 0 Å². The van der Waals surface area contributed by atoms with E-state index in [4.69, 9.17) is 0 Å². The first-order valence-corrected chi connectivity index (χ1v) is 9.25. The summed E-state index contributed by atoms with van der Waals surface area (Å²) >= 11 is 0. The van der Waals surface area contributed by atoms with Gasteiger partial charge in [0.05, 0.1) is 5.69 Å². The van der Waals surface area contributed by atoms with Crippen molar-refractivity contribution in [2.75, 3.05) is 6.54 Å². The molecule has 1 aromatic heterocycles. The normalized spacial score (nSPS) is 16.2. The van der Waals surface area contributed by atoms with Gasteiger partial charge in [0.1, 0.15) is 5.82 Å². The van der Waals surface area contributed by atoms with Crippen molar-refractivity contribution in [3.05, 3.63) is 60.1 Å². The molecule has 0 N–H and O–H groups in total. The number of aromatic nitrogens is 1. The fourth-order valence-electron chi connectivity index (χ4n) is 2.89. The number of imide groups is 1. The maximum absolute atomic E-state index is 13.0. The summed E-state index contributed by atoms with van der Waals surface area (Å²) in [6.45, 7) is 2.07. The van der Waals surface area contributed by atoms with Gasteiger partial charge in [-0.2, -0.15) is 13.2 Å². The van der Waals surface area contributed by atoms with Gasteiger partial charge in [0.25, 0.3) is 5.91 Å². The molecular weight excluding hydrogens is 434 g/mol. The van der Waals surface area contributed by atoms with Crippen molar-refractivity contribution in [1.29, 1.82) is 0 Å². The van der Waals surface area contributed by atoms with Crippen LogP contribution in [0.1, 0.15) is 19.4 Å². The Hall–Kier alpha value is -3.76. The Labute approximate surface area is 179 Å². The van der Waals surface area contributed by atoms with E-state index >= 15 is 0 Å². The minimum Gasteiger partial charge on any atom is -0.327 e. The lowest BCUT2D eigenvalue weighted by atomic mass is 10.1. The maximum Gasteiger partial charge on any atom is 0.493 e. The van der Waals surface area contributed by atoms with Crippen LogP contribution in [-0.4, -0.2) is 51.1 Å². The van der Waals surface area contributed by atoms with E-state index in [0.29, 0.717) is 21.7 Å². The summed E-state index contributed by atoms with van der Waals surface area (Å²) in [5.41, 5.74) is 0.140. The van der Waals surface area contributed by atoms with Crippen LogP contribution in [0, 0.1) is 5.82 Å². The van der Waals surface area contributed by atoms with E-state index in [2.05, 4.69) is 9.82 Å². The fourth-order valence-corrected chi connectivity index (χ4v) is 2.89. The highest BCUT2D eigenvalue weighted by Gasteiger charge is 2.56. The van der Waals surface area contributed by atoms with Crippen LogP contribution >= 0.6 is 0 Å². The lowest BCUT2D eigenvalue weighted by Crippen LogP contribution is -2.47. The topological polar surface area (TPSA) is 79.8 Å². The molecule has 0 saturated carbocycles. The number of carbonyl (C=O) groups is 3. The maximum atomic E-state index is 13.0. The Morgan fingerprint density at radius 1 is 1.12 bits per heavy atom. The molecule has 1 aliphatic rings. The lowest BCUT2D eigenvalue weighted by molar-refractivity contribution is -0.236. The smallest absolute Gasteiger partial charge is 0.327 e. The molecule has 2 heterocycles. The molecule has 168 valence electrons. The Balaban J connectivity index is 1.68. The Morgan fingerprint density at radius 3 is 2.34 bits per heavy atom. The van der Waals surface area contributed by atoms with E-state index in [1.54, 1.807) is 30.3 Å². The average molecular weight is 451 g/mol. The van der Waals surface area contributed by atoms with E-state index in [1.807, 2.05) is 0 Å². The summed E-state index contributed by atoms with van der Waals surface area (Å²) in [7, 11) is 0. The van der Waals surface area contributed by atoms with Crippen molar-refractivity contribution in [2.45, 2.75) is 25.6 Å². The molecule has 0 atom stereocenters. The predicted octanol–water partition coefficient (Wildman–Crippen LogP) is 3.96. The van der Waals surface area contributed by atoms with Gasteiger partial charge in [-0.3, -0.25) is 14.7 Å². The van der Waals surface area contributed by atoms with Gasteiger partial charge in [-0.05, 0) is 49.7 Å². The number of hydrogen-bond acceptors (Lipinski definition) is 5. The van der Waals surface area contributed by atoms with Crippen LogP contribution in [0.3, 0.4) is 0 Å². The molecule has 0 spiro atoms. The van der Waals surface area contributed by atoms with Gasteiger partial charge in [0.2, 0.25) is 0 Å². The third-order valence-electron chi connectivity index (χ3n) is 4.61. The minimum absolute atomic E-state index is 0.123. The van der Waals surface area contributed by atoms with Crippen molar-refractivity contribution in [1.82, 2.24) is 14.9 Å². The number of hydrogen-bond donors (Lipinski definition) is 0. The van der Waals surface area contributed by atoms with E-state index in [9.17, 15) is 31.9 Å². The molecule has 0 radical (unpaired) electrons. The Bertz CT molecular complexity index is 1060. The summed E-state index contributed by atoms with van der Waals surface area (Å²) in [5.74, 6) is -3.79. The van der Waals surface area contributed by atoms with Crippen molar-refractivity contribution in [2.24, 2.45) is 0 Å². The SMILES string of the molecule is CC1(C)C(=O)N(C/C=C/c2ccc(-c3ccc(F)cc3)nc2)C(=O)N1OC(=O)C(F)(F)F. The van der Waals surface area contributed by atoms with Crippen molar-refractivity contribution in [3.8, 4) is 11.3 Å².